The van der Waals surface area contributed by atoms with Gasteiger partial charge in [-0.2, -0.15) is 13.2 Å². The molecule has 0 N–H and O–H groups in total. The minimum atomic E-state index is -3.67. The van der Waals surface area contributed by atoms with Gasteiger partial charge in [0.05, 0.1) is 0 Å². The highest BCUT2D eigenvalue weighted by Crippen LogP contribution is 2.04. The van der Waals surface area contributed by atoms with Crippen LogP contribution in [-0.2, 0) is 0 Å². The molecule has 0 bridgehead atoms. The maximum atomic E-state index is 9.67. The molecule has 1 aliphatic rings. The predicted octanol–water partition coefficient (Wildman–Crippen LogP) is 4.13. The van der Waals surface area contributed by atoms with Crippen LogP contribution >= 0.6 is 0 Å². The molecule has 0 saturated carbocycles. The summed E-state index contributed by atoms with van der Waals surface area (Å²) in [5.74, 6) is 0. The molecule has 1 heterocycles. The van der Waals surface area contributed by atoms with Crippen LogP contribution in [0.5, 0.6) is 0 Å². The SMILES string of the molecule is CCCCCCN1C=CC=CC1.FC(F)F. The minimum Gasteiger partial charge on any atom is -0.374 e. The molecule has 0 aromatic heterocycles. The van der Waals surface area contributed by atoms with Gasteiger partial charge in [0.15, 0.2) is 0 Å². The van der Waals surface area contributed by atoms with Gasteiger partial charge in [0.25, 0.3) is 0 Å². The number of nitrogens with zero attached hydrogens (tertiary/aromatic N) is 1. The topological polar surface area (TPSA) is 3.24 Å². The largest absolute Gasteiger partial charge is 0.379 e. The van der Waals surface area contributed by atoms with Gasteiger partial charge in [-0.05, 0) is 18.7 Å². The van der Waals surface area contributed by atoms with Crippen LogP contribution in [0.1, 0.15) is 32.6 Å². The summed E-state index contributed by atoms with van der Waals surface area (Å²) in [7, 11) is 0. The summed E-state index contributed by atoms with van der Waals surface area (Å²) < 4.78 is 29.0. The van der Waals surface area contributed by atoms with Crippen LogP contribution < -0.4 is 0 Å². The van der Waals surface area contributed by atoms with E-state index in [2.05, 4.69) is 36.3 Å². The average Bonchev–Trinajstić information content (AvgIpc) is 2.25. The summed E-state index contributed by atoms with van der Waals surface area (Å²) in [4.78, 5) is 2.37. The molecule has 0 radical (unpaired) electrons. The molecular weight excluding hydrogens is 215 g/mol. The summed E-state index contributed by atoms with van der Waals surface area (Å²) in [5.41, 5.74) is 0. The molecule has 0 saturated heterocycles. The van der Waals surface area contributed by atoms with Crippen molar-refractivity contribution in [3.8, 4) is 0 Å². The molecule has 94 valence electrons. The van der Waals surface area contributed by atoms with Gasteiger partial charge in [0, 0.05) is 13.1 Å². The summed E-state index contributed by atoms with van der Waals surface area (Å²) in [6.45, 7) is 0.910. The first-order chi connectivity index (χ1) is 7.66. The van der Waals surface area contributed by atoms with Gasteiger partial charge in [-0.1, -0.05) is 38.3 Å². The van der Waals surface area contributed by atoms with Crippen molar-refractivity contribution in [3.05, 3.63) is 24.4 Å². The lowest BCUT2D eigenvalue weighted by Crippen LogP contribution is -2.19. The molecule has 0 spiro atoms. The number of hydrogen-bond acceptors (Lipinski definition) is 1. The second-order valence-electron chi connectivity index (χ2n) is 3.57. The molecule has 0 amide bonds. The zero-order valence-corrected chi connectivity index (χ0v) is 9.71. The first-order valence-electron chi connectivity index (χ1n) is 5.66. The second kappa shape index (κ2) is 10.6. The zero-order chi connectivity index (χ0) is 12.2. The second-order valence-corrected chi connectivity index (χ2v) is 3.57. The first-order valence-corrected chi connectivity index (χ1v) is 5.66. The Balaban J connectivity index is 0.000000487. The van der Waals surface area contributed by atoms with Crippen LogP contribution in [0.2, 0.25) is 0 Å². The van der Waals surface area contributed by atoms with Crippen LogP contribution in [0.4, 0.5) is 13.2 Å². The number of allylic oxidation sites excluding steroid dienone is 2. The van der Waals surface area contributed by atoms with E-state index in [9.17, 15) is 13.2 Å². The van der Waals surface area contributed by atoms with E-state index < -0.39 is 6.68 Å². The van der Waals surface area contributed by atoms with Gasteiger partial charge < -0.3 is 4.90 Å². The van der Waals surface area contributed by atoms with Crippen LogP contribution in [0.15, 0.2) is 24.4 Å². The highest BCUT2D eigenvalue weighted by molar-refractivity contribution is 5.08. The third-order valence-electron chi connectivity index (χ3n) is 2.18. The fourth-order valence-corrected chi connectivity index (χ4v) is 1.41. The van der Waals surface area contributed by atoms with Crippen molar-refractivity contribution in [1.82, 2.24) is 4.90 Å². The Hall–Kier alpha value is -0.930. The van der Waals surface area contributed by atoms with Crippen molar-refractivity contribution in [3.63, 3.8) is 0 Å². The maximum Gasteiger partial charge on any atom is 0.379 e. The molecule has 1 nitrogen and oxygen atoms in total. The lowest BCUT2D eigenvalue weighted by molar-refractivity contribution is 0.00819. The van der Waals surface area contributed by atoms with E-state index in [-0.39, 0.29) is 0 Å². The van der Waals surface area contributed by atoms with Gasteiger partial charge in [-0.3, -0.25) is 0 Å². The monoisotopic (exact) mass is 235 g/mol. The Morgan fingerprint density at radius 2 is 1.81 bits per heavy atom. The third-order valence-corrected chi connectivity index (χ3v) is 2.18. The number of halogens is 3. The van der Waals surface area contributed by atoms with E-state index in [1.165, 1.54) is 32.2 Å². The maximum absolute atomic E-state index is 9.67. The Morgan fingerprint density at radius 3 is 2.31 bits per heavy atom. The van der Waals surface area contributed by atoms with E-state index in [1.807, 2.05) is 0 Å². The molecule has 0 atom stereocenters. The zero-order valence-electron chi connectivity index (χ0n) is 9.71. The van der Waals surface area contributed by atoms with E-state index >= 15 is 0 Å². The summed E-state index contributed by atoms with van der Waals surface area (Å²) >= 11 is 0. The Labute approximate surface area is 95.6 Å². The normalized spacial score (nSPS) is 13.9. The third kappa shape index (κ3) is 11.1. The Kier molecular flexibility index (Phi) is 9.97. The number of alkyl halides is 3. The molecule has 0 aromatic rings. The molecule has 0 aliphatic carbocycles. The fraction of sp³-hybridized carbons (Fsp3) is 0.667. The Morgan fingerprint density at radius 1 is 1.12 bits per heavy atom. The molecule has 0 aromatic carbocycles. The van der Waals surface area contributed by atoms with E-state index in [0.29, 0.717) is 0 Å². The van der Waals surface area contributed by atoms with Crippen molar-refractivity contribution in [2.24, 2.45) is 0 Å². The van der Waals surface area contributed by atoms with Crippen molar-refractivity contribution < 1.29 is 13.2 Å². The quantitative estimate of drug-likeness (QED) is 0.647. The van der Waals surface area contributed by atoms with Gasteiger partial charge in [0.2, 0.25) is 0 Å². The molecular formula is C12H20F3N. The van der Waals surface area contributed by atoms with Crippen molar-refractivity contribution in [2.75, 3.05) is 13.1 Å². The summed E-state index contributed by atoms with van der Waals surface area (Å²) in [6.07, 6.45) is 14.1. The average molecular weight is 235 g/mol. The standard InChI is InChI=1S/C11H19N.CHF3/c1-2-3-4-6-9-12-10-7-5-8-11-12;2-1(3)4/h5,7-8,10H,2-4,6,9,11H2,1H3;1H. The predicted molar refractivity (Wildman–Crippen MR) is 61.1 cm³/mol. The molecule has 1 rings (SSSR count). The number of hydrogen-bond donors (Lipinski definition) is 0. The van der Waals surface area contributed by atoms with Gasteiger partial charge >= 0.3 is 6.68 Å². The minimum absolute atomic E-state index is 1.10. The smallest absolute Gasteiger partial charge is 0.374 e. The highest BCUT2D eigenvalue weighted by atomic mass is 19.4. The van der Waals surface area contributed by atoms with Gasteiger partial charge in [-0.25, -0.2) is 0 Å². The summed E-state index contributed by atoms with van der Waals surface area (Å²) in [5, 5.41) is 0. The van der Waals surface area contributed by atoms with Crippen LogP contribution in [0.25, 0.3) is 0 Å². The Bertz CT molecular complexity index is 200. The molecule has 16 heavy (non-hydrogen) atoms. The molecule has 4 heteroatoms. The molecule has 1 aliphatic heterocycles. The number of rotatable bonds is 5. The van der Waals surface area contributed by atoms with Gasteiger partial charge in [0.1, 0.15) is 0 Å². The molecule has 0 fully saturated rings. The van der Waals surface area contributed by atoms with Gasteiger partial charge in [-0.15, -0.1) is 0 Å². The first kappa shape index (κ1) is 15.1. The van der Waals surface area contributed by atoms with Crippen LogP contribution in [0.3, 0.4) is 0 Å². The molecule has 0 unspecified atom stereocenters. The van der Waals surface area contributed by atoms with Crippen molar-refractivity contribution in [2.45, 2.75) is 39.3 Å². The van der Waals surface area contributed by atoms with E-state index in [0.717, 1.165) is 6.54 Å². The van der Waals surface area contributed by atoms with Crippen molar-refractivity contribution in [1.29, 1.82) is 0 Å². The fourth-order valence-electron chi connectivity index (χ4n) is 1.41. The highest BCUT2D eigenvalue weighted by Gasteiger charge is 1.97. The van der Waals surface area contributed by atoms with E-state index in [4.69, 9.17) is 0 Å². The van der Waals surface area contributed by atoms with Crippen LogP contribution in [-0.4, -0.2) is 24.7 Å². The van der Waals surface area contributed by atoms with Crippen molar-refractivity contribution >= 4 is 0 Å². The summed E-state index contributed by atoms with van der Waals surface area (Å²) in [6, 6.07) is 0. The number of unbranched alkanes of at least 4 members (excludes halogenated alkanes) is 3. The van der Waals surface area contributed by atoms with E-state index in [1.54, 1.807) is 0 Å². The lowest BCUT2D eigenvalue weighted by atomic mass is 10.2. The van der Waals surface area contributed by atoms with Crippen LogP contribution in [0, 0.1) is 0 Å². The lowest BCUT2D eigenvalue weighted by Gasteiger charge is -2.19.